The quantitative estimate of drug-likeness (QED) is 0.604. The highest BCUT2D eigenvalue weighted by Gasteiger charge is 2.15. The molecule has 18 heavy (non-hydrogen) atoms. The lowest BCUT2D eigenvalue weighted by Gasteiger charge is -2.24. The highest BCUT2D eigenvalue weighted by molar-refractivity contribution is 4.89. The Kier molecular flexibility index (Phi) is 7.90. The van der Waals surface area contributed by atoms with Crippen LogP contribution in [0.1, 0.15) is 64.7 Å². The molecule has 0 aromatic carbocycles. The van der Waals surface area contributed by atoms with E-state index in [2.05, 4.69) is 11.8 Å². The van der Waals surface area contributed by atoms with Gasteiger partial charge in [-0.15, -0.1) is 0 Å². The van der Waals surface area contributed by atoms with Crippen molar-refractivity contribution < 1.29 is 5.11 Å². The molecule has 0 bridgehead atoms. The summed E-state index contributed by atoms with van der Waals surface area (Å²) in [6.07, 6.45) is 15.2. The average molecular weight is 254 g/mol. The summed E-state index contributed by atoms with van der Waals surface area (Å²) in [6, 6.07) is 0. The predicted molar refractivity (Wildman–Crippen MR) is 76.8 cm³/mol. The van der Waals surface area contributed by atoms with Crippen molar-refractivity contribution in [1.82, 2.24) is 9.80 Å². The lowest BCUT2D eigenvalue weighted by Crippen LogP contribution is -2.32. The van der Waals surface area contributed by atoms with Crippen LogP contribution in [-0.2, 0) is 0 Å². The van der Waals surface area contributed by atoms with E-state index in [0.717, 1.165) is 19.5 Å². The second kappa shape index (κ2) is 9.26. The lowest BCUT2D eigenvalue weighted by atomic mass is 10.1. The van der Waals surface area contributed by atoms with Crippen LogP contribution in [0.25, 0.3) is 0 Å². The molecule has 0 radical (unpaired) electrons. The first kappa shape index (κ1) is 15.4. The first-order valence-corrected chi connectivity index (χ1v) is 7.56. The molecule has 0 aromatic rings. The van der Waals surface area contributed by atoms with E-state index in [9.17, 15) is 5.11 Å². The largest absolute Gasteiger partial charge is 0.374 e. The monoisotopic (exact) mass is 254 g/mol. The van der Waals surface area contributed by atoms with Crippen LogP contribution in [0.5, 0.6) is 0 Å². The Balaban J connectivity index is 1.90. The van der Waals surface area contributed by atoms with E-state index in [1.807, 2.05) is 24.3 Å². The van der Waals surface area contributed by atoms with Gasteiger partial charge in [0, 0.05) is 19.4 Å². The summed E-state index contributed by atoms with van der Waals surface area (Å²) in [6.45, 7) is 3.07. The highest BCUT2D eigenvalue weighted by atomic mass is 16.3. The molecule has 0 amide bonds. The second-order valence-corrected chi connectivity index (χ2v) is 5.45. The third-order valence-electron chi connectivity index (χ3n) is 3.60. The van der Waals surface area contributed by atoms with Crippen LogP contribution in [0, 0.1) is 0 Å². The van der Waals surface area contributed by atoms with Crippen LogP contribution in [0.4, 0.5) is 0 Å². The molecule has 0 spiro atoms. The van der Waals surface area contributed by atoms with E-state index >= 15 is 0 Å². The minimum Gasteiger partial charge on any atom is -0.374 e. The molecule has 3 nitrogen and oxygen atoms in total. The molecule has 3 heteroatoms. The molecule has 1 rings (SSSR count). The molecule has 1 heterocycles. The Morgan fingerprint density at radius 2 is 1.61 bits per heavy atom. The summed E-state index contributed by atoms with van der Waals surface area (Å²) < 4.78 is 0. The molecule has 1 atom stereocenters. The summed E-state index contributed by atoms with van der Waals surface area (Å²) in [4.78, 5) is 4.08. The Hall–Kier alpha value is -0.700. The lowest BCUT2D eigenvalue weighted by molar-refractivity contribution is 0.0201. The highest BCUT2D eigenvalue weighted by Crippen LogP contribution is 2.14. The number of aliphatic hydroxyl groups is 1. The fourth-order valence-electron chi connectivity index (χ4n) is 2.37. The summed E-state index contributed by atoms with van der Waals surface area (Å²) in [5.74, 6) is 0. The first-order chi connectivity index (χ1) is 8.74. The van der Waals surface area contributed by atoms with Crippen LogP contribution < -0.4 is 0 Å². The minimum absolute atomic E-state index is 0.300. The number of aliphatic hydroxyl groups excluding tert-OH is 1. The second-order valence-electron chi connectivity index (χ2n) is 5.45. The van der Waals surface area contributed by atoms with Gasteiger partial charge in [-0.05, 0) is 12.8 Å². The SMILES string of the molecule is CCCCCCCCCCC(O)N1C=CN(C)C1. The van der Waals surface area contributed by atoms with Gasteiger partial charge in [0.15, 0.2) is 0 Å². The molecule has 1 aliphatic heterocycles. The maximum Gasteiger partial charge on any atom is 0.127 e. The van der Waals surface area contributed by atoms with Gasteiger partial charge in [0.1, 0.15) is 6.23 Å². The van der Waals surface area contributed by atoms with Crippen molar-refractivity contribution in [3.05, 3.63) is 12.4 Å². The fraction of sp³-hybridized carbons (Fsp3) is 0.867. The summed E-state index contributed by atoms with van der Waals surface area (Å²) in [5.41, 5.74) is 0. The summed E-state index contributed by atoms with van der Waals surface area (Å²) >= 11 is 0. The van der Waals surface area contributed by atoms with E-state index in [1.165, 1.54) is 44.9 Å². The van der Waals surface area contributed by atoms with Crippen molar-refractivity contribution in [3.8, 4) is 0 Å². The van der Waals surface area contributed by atoms with Crippen LogP contribution in [0.3, 0.4) is 0 Å². The molecule has 0 saturated carbocycles. The van der Waals surface area contributed by atoms with Crippen molar-refractivity contribution in [2.45, 2.75) is 70.9 Å². The molecule has 1 unspecified atom stereocenters. The number of unbranched alkanes of at least 4 members (excludes halogenated alkanes) is 7. The van der Waals surface area contributed by atoms with E-state index < -0.39 is 0 Å². The summed E-state index contributed by atoms with van der Waals surface area (Å²) in [7, 11) is 2.03. The molecule has 1 aliphatic rings. The third kappa shape index (κ3) is 6.29. The van der Waals surface area contributed by atoms with E-state index in [4.69, 9.17) is 0 Å². The van der Waals surface area contributed by atoms with Crippen LogP contribution in [0.15, 0.2) is 12.4 Å². The zero-order valence-electron chi connectivity index (χ0n) is 12.1. The van der Waals surface area contributed by atoms with Crippen molar-refractivity contribution >= 4 is 0 Å². The van der Waals surface area contributed by atoms with Gasteiger partial charge >= 0.3 is 0 Å². The molecule has 106 valence electrons. The van der Waals surface area contributed by atoms with Gasteiger partial charge in [0.25, 0.3) is 0 Å². The number of nitrogens with zero attached hydrogens (tertiary/aromatic N) is 2. The fourth-order valence-corrected chi connectivity index (χ4v) is 2.37. The van der Waals surface area contributed by atoms with Gasteiger partial charge in [0.05, 0.1) is 6.67 Å². The zero-order chi connectivity index (χ0) is 13.2. The van der Waals surface area contributed by atoms with Gasteiger partial charge in [0.2, 0.25) is 0 Å². The molecule has 0 saturated heterocycles. The average Bonchev–Trinajstić information content (AvgIpc) is 2.79. The predicted octanol–water partition coefficient (Wildman–Crippen LogP) is 3.51. The molecule has 1 N–H and O–H groups in total. The molecule has 0 fully saturated rings. The molecule has 0 aliphatic carbocycles. The normalized spacial score (nSPS) is 16.6. The Labute approximate surface area is 112 Å². The van der Waals surface area contributed by atoms with Crippen LogP contribution in [-0.4, -0.2) is 34.9 Å². The standard InChI is InChI=1S/C15H30N2O/c1-3-4-5-6-7-8-9-10-11-15(18)17-13-12-16(2)14-17/h12-13,15,18H,3-11,14H2,1-2H3. The van der Waals surface area contributed by atoms with E-state index in [1.54, 1.807) is 0 Å². The maximum atomic E-state index is 9.99. The van der Waals surface area contributed by atoms with Crippen molar-refractivity contribution in [1.29, 1.82) is 0 Å². The van der Waals surface area contributed by atoms with Crippen molar-refractivity contribution in [2.24, 2.45) is 0 Å². The third-order valence-corrected chi connectivity index (χ3v) is 3.60. The number of hydrogen-bond donors (Lipinski definition) is 1. The van der Waals surface area contributed by atoms with Crippen LogP contribution >= 0.6 is 0 Å². The van der Waals surface area contributed by atoms with Gasteiger partial charge in [-0.2, -0.15) is 0 Å². The van der Waals surface area contributed by atoms with Gasteiger partial charge in [-0.25, -0.2) is 0 Å². The Morgan fingerprint density at radius 1 is 1.00 bits per heavy atom. The van der Waals surface area contributed by atoms with E-state index in [0.29, 0.717) is 0 Å². The summed E-state index contributed by atoms with van der Waals surface area (Å²) in [5, 5.41) is 9.99. The topological polar surface area (TPSA) is 26.7 Å². The van der Waals surface area contributed by atoms with Gasteiger partial charge in [-0.3, -0.25) is 0 Å². The first-order valence-electron chi connectivity index (χ1n) is 7.56. The molecular formula is C15H30N2O. The van der Waals surface area contributed by atoms with E-state index in [-0.39, 0.29) is 6.23 Å². The van der Waals surface area contributed by atoms with Gasteiger partial charge in [-0.1, -0.05) is 51.9 Å². The zero-order valence-corrected chi connectivity index (χ0v) is 12.1. The van der Waals surface area contributed by atoms with Crippen LogP contribution in [0.2, 0.25) is 0 Å². The van der Waals surface area contributed by atoms with Crippen molar-refractivity contribution in [3.63, 3.8) is 0 Å². The van der Waals surface area contributed by atoms with Gasteiger partial charge < -0.3 is 14.9 Å². The molecular weight excluding hydrogens is 224 g/mol. The van der Waals surface area contributed by atoms with Crippen molar-refractivity contribution in [2.75, 3.05) is 13.7 Å². The molecule has 0 aromatic heterocycles. The smallest absolute Gasteiger partial charge is 0.127 e. The maximum absolute atomic E-state index is 9.99. The number of hydrogen-bond acceptors (Lipinski definition) is 3. The Bertz CT molecular complexity index is 231. The number of rotatable bonds is 10. The minimum atomic E-state index is -0.300. The Morgan fingerprint density at radius 3 is 2.17 bits per heavy atom.